The van der Waals surface area contributed by atoms with Crippen molar-refractivity contribution in [1.82, 2.24) is 9.13 Å². The Morgan fingerprint density at radius 2 is 0.680 bits per heavy atom. The van der Waals surface area contributed by atoms with Crippen LogP contribution in [0.15, 0.2) is 87.1 Å². The number of aromatic nitrogens is 4. The number of hydrogen-bond donors (Lipinski definition) is 0. The van der Waals surface area contributed by atoms with Crippen LogP contribution in [0.5, 0.6) is 0 Å². The maximum atomic E-state index is 3.69. The van der Waals surface area contributed by atoms with Gasteiger partial charge in [0.1, 0.15) is 24.8 Å². The lowest BCUT2D eigenvalue weighted by Crippen LogP contribution is -3.00. The Balaban J connectivity index is 0. The quantitative estimate of drug-likeness (QED) is 0.0472. The minimum atomic E-state index is 0. The van der Waals surface area contributed by atoms with Gasteiger partial charge in [-0.05, 0) is 51.4 Å². The van der Waals surface area contributed by atoms with Crippen molar-refractivity contribution >= 4 is 0 Å². The smallest absolute Gasteiger partial charge is 0.243 e. The Bertz CT molecular complexity index is 956. The predicted molar refractivity (Wildman–Crippen MR) is 210 cm³/mol. The first-order valence-electron chi connectivity index (χ1n) is 20.2. The van der Waals surface area contributed by atoms with Crippen molar-refractivity contribution in [3.8, 4) is 0 Å². The van der Waals surface area contributed by atoms with Crippen LogP contribution in [0.2, 0.25) is 0 Å². The molecule has 6 heteroatoms. The number of nitrogens with zero attached hydrogens (tertiary/aromatic N) is 4. The monoisotopic (exact) mass is 820 g/mol. The third-order valence-corrected chi connectivity index (χ3v) is 9.27. The van der Waals surface area contributed by atoms with E-state index in [-0.39, 0.29) is 34.0 Å². The molecule has 0 bridgehead atoms. The second-order valence-electron chi connectivity index (χ2n) is 14.0. The summed E-state index contributed by atoms with van der Waals surface area (Å²) in [6.07, 6.45) is 61.3. The van der Waals surface area contributed by atoms with Crippen LogP contribution in [0, 0.1) is 0 Å². The molecule has 0 aliphatic heterocycles. The Hall–Kier alpha value is -1.66. The van der Waals surface area contributed by atoms with E-state index >= 15 is 0 Å². The van der Waals surface area contributed by atoms with E-state index in [2.05, 4.69) is 107 Å². The van der Waals surface area contributed by atoms with Gasteiger partial charge in [0.25, 0.3) is 0 Å². The molecule has 0 N–H and O–H groups in total. The van der Waals surface area contributed by atoms with Gasteiger partial charge in [0.15, 0.2) is 0 Å². The highest BCUT2D eigenvalue weighted by atomic mass is 79.9. The molecule has 2 heterocycles. The van der Waals surface area contributed by atoms with Crippen LogP contribution in [0.1, 0.15) is 167 Å². The zero-order chi connectivity index (χ0) is 34.6. The van der Waals surface area contributed by atoms with Crippen LogP contribution in [-0.4, -0.2) is 9.13 Å². The van der Waals surface area contributed by atoms with Crippen molar-refractivity contribution in [3.63, 3.8) is 0 Å². The van der Waals surface area contributed by atoms with Gasteiger partial charge in [-0.25, -0.2) is 18.3 Å². The van der Waals surface area contributed by atoms with E-state index in [0.29, 0.717) is 0 Å². The lowest BCUT2D eigenvalue weighted by Gasteiger charge is -2.02. The van der Waals surface area contributed by atoms with Crippen LogP contribution in [0.25, 0.3) is 0 Å². The summed E-state index contributed by atoms with van der Waals surface area (Å²) < 4.78 is 8.80. The average Bonchev–Trinajstić information content (AvgIpc) is 3.71. The zero-order valence-electron chi connectivity index (χ0n) is 32.7. The lowest BCUT2D eigenvalue weighted by molar-refractivity contribution is -0.671. The number of unbranched alkanes of at least 4 members (excludes halogenated alkanes) is 24. The molecule has 0 spiro atoms. The van der Waals surface area contributed by atoms with Gasteiger partial charge >= 0.3 is 0 Å². The molecule has 2 rings (SSSR count). The molecular formula is C44H78Br2N4. The summed E-state index contributed by atoms with van der Waals surface area (Å²) in [5.74, 6) is 0. The van der Waals surface area contributed by atoms with Crippen molar-refractivity contribution in [2.45, 2.75) is 180 Å². The summed E-state index contributed by atoms with van der Waals surface area (Å²) in [6, 6.07) is 0. The second kappa shape index (κ2) is 40.1. The Morgan fingerprint density at radius 1 is 0.420 bits per heavy atom. The van der Waals surface area contributed by atoms with Crippen LogP contribution >= 0.6 is 0 Å². The molecule has 0 unspecified atom stereocenters. The Labute approximate surface area is 331 Å². The number of aryl methyl sites for hydroxylation is 4. The highest BCUT2D eigenvalue weighted by Crippen LogP contribution is 2.14. The molecule has 0 amide bonds. The van der Waals surface area contributed by atoms with Crippen molar-refractivity contribution < 1.29 is 43.1 Å². The summed E-state index contributed by atoms with van der Waals surface area (Å²) in [7, 11) is 4.16. The molecule has 0 aliphatic carbocycles. The molecule has 2 aromatic heterocycles. The van der Waals surface area contributed by atoms with Gasteiger partial charge < -0.3 is 34.0 Å². The minimum Gasteiger partial charge on any atom is -1.00 e. The Kier molecular flexibility index (Phi) is 40.5. The number of imidazole rings is 2. The van der Waals surface area contributed by atoms with Gasteiger partial charge in [-0.2, -0.15) is 0 Å². The van der Waals surface area contributed by atoms with E-state index in [4.69, 9.17) is 0 Å². The molecule has 0 fully saturated rings. The van der Waals surface area contributed by atoms with Crippen molar-refractivity contribution in [2.75, 3.05) is 0 Å². The first-order valence-corrected chi connectivity index (χ1v) is 20.2. The first-order chi connectivity index (χ1) is 23.7. The summed E-state index contributed by atoms with van der Waals surface area (Å²) in [4.78, 5) is 0. The SMILES string of the molecule is C=C/C=C/CCCCCCCCCCCCCCn1cc[n+](C)c1.C=C/C=C/CCCCCCCCCCCCCCn1cc[n+](C)c1.[Br-].[Br-]. The molecule has 4 nitrogen and oxygen atoms in total. The number of rotatable bonds is 32. The average molecular weight is 823 g/mol. The van der Waals surface area contributed by atoms with E-state index in [1.165, 1.54) is 180 Å². The second-order valence-corrected chi connectivity index (χ2v) is 14.0. The molecule has 0 saturated heterocycles. The molecule has 0 aromatic carbocycles. The maximum Gasteiger partial charge on any atom is 0.243 e. The molecule has 0 saturated carbocycles. The maximum absolute atomic E-state index is 3.69. The van der Waals surface area contributed by atoms with Gasteiger partial charge in [0.2, 0.25) is 12.7 Å². The van der Waals surface area contributed by atoms with Crippen LogP contribution < -0.4 is 43.1 Å². The Morgan fingerprint density at radius 3 is 0.920 bits per heavy atom. The van der Waals surface area contributed by atoms with Gasteiger partial charge in [-0.1, -0.05) is 165 Å². The molecule has 0 radical (unpaired) electrons. The highest BCUT2D eigenvalue weighted by Gasteiger charge is 2.01. The minimum absolute atomic E-state index is 0. The molecule has 2 aromatic rings. The van der Waals surface area contributed by atoms with E-state index in [0.717, 1.165) is 0 Å². The van der Waals surface area contributed by atoms with E-state index < -0.39 is 0 Å². The zero-order valence-corrected chi connectivity index (χ0v) is 35.9. The first kappa shape index (κ1) is 50.4. The summed E-state index contributed by atoms with van der Waals surface area (Å²) in [5.41, 5.74) is 0. The van der Waals surface area contributed by atoms with Crippen molar-refractivity contribution in [2.24, 2.45) is 14.1 Å². The molecule has 50 heavy (non-hydrogen) atoms. The highest BCUT2D eigenvalue weighted by molar-refractivity contribution is 4.97. The van der Waals surface area contributed by atoms with Gasteiger partial charge in [-0.3, -0.25) is 0 Å². The lowest BCUT2D eigenvalue weighted by atomic mass is 10.0. The fourth-order valence-electron chi connectivity index (χ4n) is 6.30. The molecule has 288 valence electrons. The largest absolute Gasteiger partial charge is 1.00 e. The molecule has 0 atom stereocenters. The van der Waals surface area contributed by atoms with Crippen LogP contribution in [-0.2, 0) is 27.2 Å². The van der Waals surface area contributed by atoms with E-state index in [1.807, 2.05) is 12.2 Å². The molecular weight excluding hydrogens is 744 g/mol. The normalized spacial score (nSPS) is 10.9. The third-order valence-electron chi connectivity index (χ3n) is 9.27. The van der Waals surface area contributed by atoms with Gasteiger partial charge in [-0.15, -0.1) is 0 Å². The number of halogens is 2. The van der Waals surface area contributed by atoms with Crippen LogP contribution in [0.4, 0.5) is 0 Å². The number of hydrogen-bond acceptors (Lipinski definition) is 0. The van der Waals surface area contributed by atoms with E-state index in [1.54, 1.807) is 0 Å². The summed E-state index contributed by atoms with van der Waals surface area (Å²) in [6.45, 7) is 9.72. The fourth-order valence-corrected chi connectivity index (χ4v) is 6.30. The van der Waals surface area contributed by atoms with Crippen LogP contribution in [0.3, 0.4) is 0 Å². The third kappa shape index (κ3) is 34.8. The summed E-state index contributed by atoms with van der Waals surface area (Å²) >= 11 is 0. The summed E-state index contributed by atoms with van der Waals surface area (Å²) in [5, 5.41) is 0. The van der Waals surface area contributed by atoms with Gasteiger partial charge in [0.05, 0.1) is 27.2 Å². The van der Waals surface area contributed by atoms with Gasteiger partial charge in [0, 0.05) is 0 Å². The molecule has 0 aliphatic rings. The standard InChI is InChI=1S/2C22H39N2.2BrH/c2*1-3-4-5-6-7-8-9-10-11-12-13-14-15-16-17-18-19-24-21-20-23(2)22-24;;/h2*3-5,20-22H,1,6-19H2,2H3;2*1H/q2*+1;;/p-2/b2*5-4+;;. The predicted octanol–water partition coefficient (Wildman–Crippen LogP) is 6.26. The number of allylic oxidation sites excluding steroid dienone is 6. The topological polar surface area (TPSA) is 17.6 Å². The van der Waals surface area contributed by atoms with Crippen molar-refractivity contribution in [1.29, 1.82) is 0 Å². The van der Waals surface area contributed by atoms with E-state index in [9.17, 15) is 0 Å². The van der Waals surface area contributed by atoms with Crippen molar-refractivity contribution in [3.05, 3.63) is 87.1 Å². The fraction of sp³-hybridized carbons (Fsp3) is 0.682.